The lowest BCUT2D eigenvalue weighted by Crippen LogP contribution is -2.30. The third-order valence-electron chi connectivity index (χ3n) is 2.95. The summed E-state index contributed by atoms with van der Waals surface area (Å²) in [7, 11) is 0. The van der Waals surface area contributed by atoms with Crippen LogP contribution in [-0.4, -0.2) is 31.1 Å². The normalized spacial score (nSPS) is 11.0. The first kappa shape index (κ1) is 13.2. The predicted octanol–water partition coefficient (Wildman–Crippen LogP) is 2.21. The van der Waals surface area contributed by atoms with Crippen LogP contribution in [0.1, 0.15) is 24.5 Å². The molecule has 1 aromatic carbocycles. The lowest BCUT2D eigenvalue weighted by atomic mass is 10.1. The van der Waals surface area contributed by atoms with Crippen molar-refractivity contribution in [2.75, 3.05) is 26.2 Å². The Labute approximate surface area is 99.5 Å². The molecule has 0 fully saturated rings. The second kappa shape index (κ2) is 7.42. The number of likely N-dealkylation sites (N-methyl/N-ethyl adjacent to an activating group) is 1. The van der Waals surface area contributed by atoms with E-state index in [0.29, 0.717) is 0 Å². The van der Waals surface area contributed by atoms with E-state index in [1.54, 1.807) is 0 Å². The topological polar surface area (TPSA) is 29.3 Å². The highest BCUT2D eigenvalue weighted by atomic mass is 15.1. The highest BCUT2D eigenvalue weighted by Crippen LogP contribution is 2.06. The molecular weight excluding hydrogens is 196 g/mol. The molecule has 0 unspecified atom stereocenters. The number of hydrogen-bond acceptors (Lipinski definition) is 2. The maximum absolute atomic E-state index is 5.56. The second-order valence-corrected chi connectivity index (χ2v) is 4.31. The van der Waals surface area contributed by atoms with Crippen LogP contribution in [-0.2, 0) is 6.42 Å². The molecule has 0 aliphatic carbocycles. The summed E-state index contributed by atoms with van der Waals surface area (Å²) in [5.74, 6) is 0. The van der Waals surface area contributed by atoms with Crippen molar-refractivity contribution < 1.29 is 0 Å². The summed E-state index contributed by atoms with van der Waals surface area (Å²) >= 11 is 0. The number of benzene rings is 1. The van der Waals surface area contributed by atoms with Gasteiger partial charge in [0.25, 0.3) is 0 Å². The average Bonchev–Trinajstić information content (AvgIpc) is 2.30. The van der Waals surface area contributed by atoms with Crippen molar-refractivity contribution in [3.8, 4) is 0 Å². The summed E-state index contributed by atoms with van der Waals surface area (Å²) < 4.78 is 0. The molecule has 0 aliphatic heterocycles. The van der Waals surface area contributed by atoms with Gasteiger partial charge in [-0.15, -0.1) is 0 Å². The molecule has 2 N–H and O–H groups in total. The molecule has 0 saturated heterocycles. The molecule has 0 atom stereocenters. The van der Waals surface area contributed by atoms with E-state index in [0.717, 1.165) is 26.2 Å². The fourth-order valence-corrected chi connectivity index (χ4v) is 1.87. The van der Waals surface area contributed by atoms with Gasteiger partial charge in [0, 0.05) is 13.1 Å². The number of rotatable bonds is 7. The van der Waals surface area contributed by atoms with Gasteiger partial charge in [-0.1, -0.05) is 36.8 Å². The van der Waals surface area contributed by atoms with E-state index >= 15 is 0 Å². The van der Waals surface area contributed by atoms with Crippen molar-refractivity contribution in [2.24, 2.45) is 5.73 Å². The van der Waals surface area contributed by atoms with Crippen LogP contribution in [0.4, 0.5) is 0 Å². The van der Waals surface area contributed by atoms with Crippen LogP contribution in [0.5, 0.6) is 0 Å². The van der Waals surface area contributed by atoms with Gasteiger partial charge in [-0.05, 0) is 38.4 Å². The van der Waals surface area contributed by atoms with Crippen LogP contribution in [0.2, 0.25) is 0 Å². The van der Waals surface area contributed by atoms with Crippen LogP contribution in [0.25, 0.3) is 0 Å². The predicted molar refractivity (Wildman–Crippen MR) is 70.7 cm³/mol. The number of nitrogens with zero attached hydrogens (tertiary/aromatic N) is 1. The van der Waals surface area contributed by atoms with Crippen molar-refractivity contribution in [2.45, 2.75) is 26.7 Å². The first-order chi connectivity index (χ1) is 7.76. The molecule has 0 aromatic heterocycles. The number of nitrogens with two attached hydrogens (primary N) is 1. The quantitative estimate of drug-likeness (QED) is 0.763. The first-order valence-corrected chi connectivity index (χ1v) is 6.24. The summed E-state index contributed by atoms with van der Waals surface area (Å²) in [6, 6.07) is 8.84. The molecule has 0 bridgehead atoms. The lowest BCUT2D eigenvalue weighted by Gasteiger charge is -2.19. The van der Waals surface area contributed by atoms with Crippen LogP contribution < -0.4 is 5.73 Å². The molecule has 0 saturated carbocycles. The molecule has 0 radical (unpaired) electrons. The zero-order valence-corrected chi connectivity index (χ0v) is 10.6. The van der Waals surface area contributed by atoms with E-state index in [2.05, 4.69) is 43.0 Å². The highest BCUT2D eigenvalue weighted by molar-refractivity contribution is 5.21. The van der Waals surface area contributed by atoms with E-state index in [-0.39, 0.29) is 0 Å². The molecular formula is C14H24N2. The zero-order valence-electron chi connectivity index (χ0n) is 10.6. The van der Waals surface area contributed by atoms with E-state index in [9.17, 15) is 0 Å². The van der Waals surface area contributed by atoms with Crippen molar-refractivity contribution in [1.29, 1.82) is 0 Å². The molecule has 0 heterocycles. The molecule has 2 heteroatoms. The fourth-order valence-electron chi connectivity index (χ4n) is 1.87. The van der Waals surface area contributed by atoms with Crippen LogP contribution in [0.3, 0.4) is 0 Å². The monoisotopic (exact) mass is 220 g/mol. The largest absolute Gasteiger partial charge is 0.329 e. The minimum Gasteiger partial charge on any atom is -0.329 e. The van der Waals surface area contributed by atoms with E-state index in [4.69, 9.17) is 5.73 Å². The molecule has 1 rings (SSSR count). The standard InChI is InChI=1S/C14H24N2/c1-3-16(12-10-15)11-4-5-14-8-6-13(2)7-9-14/h6-9H,3-5,10-12,15H2,1-2H3. The van der Waals surface area contributed by atoms with Gasteiger partial charge in [-0.25, -0.2) is 0 Å². The van der Waals surface area contributed by atoms with Gasteiger partial charge in [0.2, 0.25) is 0 Å². The van der Waals surface area contributed by atoms with E-state index < -0.39 is 0 Å². The molecule has 1 aromatic rings. The van der Waals surface area contributed by atoms with Gasteiger partial charge in [0.05, 0.1) is 0 Å². The van der Waals surface area contributed by atoms with Gasteiger partial charge in [-0.3, -0.25) is 0 Å². The lowest BCUT2D eigenvalue weighted by molar-refractivity contribution is 0.292. The van der Waals surface area contributed by atoms with Crippen LogP contribution in [0.15, 0.2) is 24.3 Å². The number of hydrogen-bond donors (Lipinski definition) is 1. The summed E-state index contributed by atoms with van der Waals surface area (Å²) in [6.07, 6.45) is 2.39. The summed E-state index contributed by atoms with van der Waals surface area (Å²) in [5, 5.41) is 0. The maximum Gasteiger partial charge on any atom is 0.0104 e. The van der Waals surface area contributed by atoms with Gasteiger partial charge in [-0.2, -0.15) is 0 Å². The van der Waals surface area contributed by atoms with Crippen molar-refractivity contribution in [3.63, 3.8) is 0 Å². The second-order valence-electron chi connectivity index (χ2n) is 4.31. The van der Waals surface area contributed by atoms with Crippen molar-refractivity contribution >= 4 is 0 Å². The molecule has 0 aliphatic rings. The summed E-state index contributed by atoms with van der Waals surface area (Å²) in [4.78, 5) is 2.41. The first-order valence-electron chi connectivity index (χ1n) is 6.24. The molecule has 0 amide bonds. The average molecular weight is 220 g/mol. The van der Waals surface area contributed by atoms with Crippen LogP contribution >= 0.6 is 0 Å². The van der Waals surface area contributed by atoms with Crippen molar-refractivity contribution in [1.82, 2.24) is 4.90 Å². The third kappa shape index (κ3) is 4.77. The molecule has 0 spiro atoms. The summed E-state index contributed by atoms with van der Waals surface area (Å²) in [6.45, 7) is 8.36. The molecule has 90 valence electrons. The minimum absolute atomic E-state index is 0.762. The van der Waals surface area contributed by atoms with Gasteiger partial charge in [0.1, 0.15) is 0 Å². The van der Waals surface area contributed by atoms with Gasteiger partial charge in [0.15, 0.2) is 0 Å². The Morgan fingerprint density at radius 1 is 1.12 bits per heavy atom. The van der Waals surface area contributed by atoms with Gasteiger partial charge < -0.3 is 10.6 Å². The maximum atomic E-state index is 5.56. The van der Waals surface area contributed by atoms with Crippen LogP contribution in [0, 0.1) is 6.92 Å². The molecule has 16 heavy (non-hydrogen) atoms. The Bertz CT molecular complexity index is 279. The summed E-state index contributed by atoms with van der Waals surface area (Å²) in [5.41, 5.74) is 8.34. The fraction of sp³-hybridized carbons (Fsp3) is 0.571. The van der Waals surface area contributed by atoms with E-state index in [1.165, 1.54) is 24.0 Å². The Kier molecular flexibility index (Phi) is 6.12. The molecule has 2 nitrogen and oxygen atoms in total. The Morgan fingerprint density at radius 3 is 2.38 bits per heavy atom. The smallest absolute Gasteiger partial charge is 0.0104 e. The highest BCUT2D eigenvalue weighted by Gasteiger charge is 2.00. The van der Waals surface area contributed by atoms with Gasteiger partial charge >= 0.3 is 0 Å². The Balaban J connectivity index is 2.26. The Hall–Kier alpha value is -0.860. The third-order valence-corrected chi connectivity index (χ3v) is 2.95. The Morgan fingerprint density at radius 2 is 1.81 bits per heavy atom. The number of aryl methyl sites for hydroxylation is 2. The zero-order chi connectivity index (χ0) is 11.8. The minimum atomic E-state index is 0.762. The van der Waals surface area contributed by atoms with Crippen molar-refractivity contribution in [3.05, 3.63) is 35.4 Å². The SMILES string of the molecule is CCN(CCN)CCCc1ccc(C)cc1. The van der Waals surface area contributed by atoms with E-state index in [1.807, 2.05) is 0 Å².